The van der Waals surface area contributed by atoms with Crippen LogP contribution in [0.5, 0.6) is 23.0 Å². The first kappa shape index (κ1) is 24.1. The molecule has 9 heteroatoms. The normalized spacial score (nSPS) is 11.1. The smallest absolute Gasteiger partial charge is 0.308 e. The van der Waals surface area contributed by atoms with Crippen LogP contribution in [0.15, 0.2) is 36.4 Å². The summed E-state index contributed by atoms with van der Waals surface area (Å²) >= 11 is 0. The molecule has 0 spiro atoms. The summed E-state index contributed by atoms with van der Waals surface area (Å²) in [7, 11) is 3.00. The number of nitrogens with two attached hydrogens (primary N) is 1. The number of esters is 2. The highest BCUT2D eigenvalue weighted by atomic mass is 16.6. The molecule has 0 bridgehead atoms. The first-order valence-corrected chi connectivity index (χ1v) is 10.2. The van der Waals surface area contributed by atoms with Gasteiger partial charge in [0, 0.05) is 13.8 Å². The molecule has 0 aliphatic heterocycles. The van der Waals surface area contributed by atoms with E-state index in [0.717, 1.165) is 11.1 Å². The molecule has 1 heterocycles. The number of ether oxygens (including phenoxy) is 4. The van der Waals surface area contributed by atoms with Crippen LogP contribution in [-0.4, -0.2) is 36.4 Å². The van der Waals surface area contributed by atoms with Crippen LogP contribution in [-0.2, 0) is 9.59 Å². The van der Waals surface area contributed by atoms with Crippen molar-refractivity contribution in [3.05, 3.63) is 58.9 Å². The van der Waals surface area contributed by atoms with Crippen LogP contribution in [0.25, 0.3) is 24.3 Å². The van der Waals surface area contributed by atoms with Crippen molar-refractivity contribution in [3.8, 4) is 23.0 Å². The number of benzene rings is 2. The molecule has 3 aromatic rings. The minimum atomic E-state index is -0.426. The number of hydrogen-bond donors (Lipinski definition) is 2. The molecule has 34 heavy (non-hydrogen) atoms. The Bertz CT molecular complexity index is 1160. The van der Waals surface area contributed by atoms with E-state index in [9.17, 15) is 9.59 Å². The highest BCUT2D eigenvalue weighted by Gasteiger charge is 2.10. The molecule has 0 aliphatic carbocycles. The molecule has 0 atom stereocenters. The second-order valence-electron chi connectivity index (χ2n) is 7.11. The summed E-state index contributed by atoms with van der Waals surface area (Å²) < 4.78 is 20.8. The van der Waals surface area contributed by atoms with Gasteiger partial charge in [0.1, 0.15) is 5.69 Å². The number of carbonyl (C=O) groups excluding carboxylic acids is 2. The first-order chi connectivity index (χ1) is 16.3. The van der Waals surface area contributed by atoms with Gasteiger partial charge in [0.25, 0.3) is 0 Å². The van der Waals surface area contributed by atoms with E-state index in [2.05, 4.69) is 10.2 Å². The summed E-state index contributed by atoms with van der Waals surface area (Å²) in [5.41, 5.74) is 9.53. The maximum absolute atomic E-state index is 11.2. The molecular weight excluding hydrogens is 438 g/mol. The van der Waals surface area contributed by atoms with Crippen molar-refractivity contribution in [1.82, 2.24) is 10.2 Å². The van der Waals surface area contributed by atoms with Gasteiger partial charge in [0.05, 0.1) is 25.6 Å². The third-order valence-corrected chi connectivity index (χ3v) is 4.62. The Hall–Kier alpha value is -4.53. The monoisotopic (exact) mass is 463 g/mol. The fourth-order valence-electron chi connectivity index (χ4n) is 3.04. The van der Waals surface area contributed by atoms with Gasteiger partial charge in [-0.2, -0.15) is 5.10 Å². The second-order valence-corrected chi connectivity index (χ2v) is 7.11. The summed E-state index contributed by atoms with van der Waals surface area (Å²) in [6.45, 7) is 2.66. The average Bonchev–Trinajstić information content (AvgIpc) is 3.16. The maximum Gasteiger partial charge on any atom is 0.308 e. The molecule has 0 radical (unpaired) electrons. The zero-order chi connectivity index (χ0) is 24.7. The van der Waals surface area contributed by atoms with Crippen LogP contribution < -0.4 is 24.7 Å². The molecule has 0 amide bonds. The molecule has 0 fully saturated rings. The quantitative estimate of drug-likeness (QED) is 0.376. The van der Waals surface area contributed by atoms with E-state index in [0.29, 0.717) is 40.1 Å². The number of hydrogen-bond acceptors (Lipinski definition) is 8. The van der Waals surface area contributed by atoms with Crippen molar-refractivity contribution in [3.63, 3.8) is 0 Å². The molecule has 3 rings (SSSR count). The SMILES string of the molecule is COc1cc(/C=C/c2n[nH]c(/C=C/c3ccc(OC(C)=O)c(OC)c3)c2N)ccc1OC(C)=O. The number of nitrogen functional groups attached to an aromatic ring is 1. The predicted octanol–water partition coefficient (Wildman–Crippen LogP) is 4.20. The highest BCUT2D eigenvalue weighted by Crippen LogP contribution is 2.30. The van der Waals surface area contributed by atoms with E-state index < -0.39 is 11.9 Å². The average molecular weight is 463 g/mol. The van der Waals surface area contributed by atoms with Crippen molar-refractivity contribution < 1.29 is 28.5 Å². The van der Waals surface area contributed by atoms with Crippen LogP contribution in [0.4, 0.5) is 5.69 Å². The summed E-state index contributed by atoms with van der Waals surface area (Å²) in [4.78, 5) is 22.4. The van der Waals surface area contributed by atoms with E-state index >= 15 is 0 Å². The lowest BCUT2D eigenvalue weighted by Crippen LogP contribution is -2.03. The molecule has 0 saturated carbocycles. The van der Waals surface area contributed by atoms with Gasteiger partial charge in [-0.05, 0) is 47.5 Å². The van der Waals surface area contributed by atoms with E-state index in [4.69, 9.17) is 24.7 Å². The summed E-state index contributed by atoms with van der Waals surface area (Å²) in [6, 6.07) is 10.4. The van der Waals surface area contributed by atoms with Crippen molar-refractivity contribution in [2.24, 2.45) is 0 Å². The maximum atomic E-state index is 11.2. The third kappa shape index (κ3) is 6.04. The largest absolute Gasteiger partial charge is 0.493 e. The van der Waals surface area contributed by atoms with Gasteiger partial charge in [-0.15, -0.1) is 0 Å². The Morgan fingerprint density at radius 3 is 1.76 bits per heavy atom. The topological polar surface area (TPSA) is 126 Å². The Morgan fingerprint density at radius 2 is 1.29 bits per heavy atom. The minimum Gasteiger partial charge on any atom is -0.493 e. The van der Waals surface area contributed by atoms with Crippen LogP contribution in [0, 0.1) is 0 Å². The Balaban J connectivity index is 1.76. The fourth-order valence-corrected chi connectivity index (χ4v) is 3.04. The zero-order valence-corrected chi connectivity index (χ0v) is 19.2. The molecule has 3 N–H and O–H groups in total. The second kappa shape index (κ2) is 10.9. The number of carbonyl (C=O) groups is 2. The summed E-state index contributed by atoms with van der Waals surface area (Å²) in [6.07, 6.45) is 7.20. The number of methoxy groups -OCH3 is 2. The van der Waals surface area contributed by atoms with E-state index in [1.54, 1.807) is 48.6 Å². The molecule has 0 aliphatic rings. The third-order valence-electron chi connectivity index (χ3n) is 4.62. The van der Waals surface area contributed by atoms with Gasteiger partial charge >= 0.3 is 11.9 Å². The van der Waals surface area contributed by atoms with E-state index in [1.165, 1.54) is 28.1 Å². The van der Waals surface area contributed by atoms with Gasteiger partial charge < -0.3 is 24.7 Å². The van der Waals surface area contributed by atoms with Crippen molar-refractivity contribution >= 4 is 41.9 Å². The van der Waals surface area contributed by atoms with Crippen LogP contribution in [0.1, 0.15) is 36.4 Å². The molecule has 176 valence electrons. The number of H-pyrrole nitrogens is 1. The van der Waals surface area contributed by atoms with Crippen LogP contribution in [0.3, 0.4) is 0 Å². The molecule has 9 nitrogen and oxygen atoms in total. The van der Waals surface area contributed by atoms with Gasteiger partial charge in [-0.3, -0.25) is 14.7 Å². The lowest BCUT2D eigenvalue weighted by molar-refractivity contribution is -0.132. The molecule has 0 unspecified atom stereocenters. The molecule has 1 aromatic heterocycles. The standard InChI is InChI=1S/C25H25N3O6/c1-15(29)33-21-11-7-17(13-23(21)31-3)5-9-19-25(26)20(28-27-19)10-6-18-8-12-22(34-16(2)30)24(14-18)32-4/h5-14H,26H2,1-4H3,(H,27,28)/b9-5+,10-6+. The van der Waals surface area contributed by atoms with Crippen molar-refractivity contribution in [1.29, 1.82) is 0 Å². The lowest BCUT2D eigenvalue weighted by Gasteiger charge is -2.08. The number of aromatic amines is 1. The number of rotatable bonds is 8. The van der Waals surface area contributed by atoms with Gasteiger partial charge in [0.15, 0.2) is 23.0 Å². The number of aromatic nitrogens is 2. The number of anilines is 1. The zero-order valence-electron chi connectivity index (χ0n) is 19.2. The number of nitrogens with zero attached hydrogens (tertiary/aromatic N) is 1. The van der Waals surface area contributed by atoms with Gasteiger partial charge in [-0.25, -0.2) is 0 Å². The molecule has 0 saturated heterocycles. The highest BCUT2D eigenvalue weighted by molar-refractivity contribution is 5.82. The van der Waals surface area contributed by atoms with Gasteiger partial charge in [-0.1, -0.05) is 24.3 Å². The molecular formula is C25H25N3O6. The Kier molecular flexibility index (Phi) is 7.71. The first-order valence-electron chi connectivity index (χ1n) is 10.2. The summed E-state index contributed by atoms with van der Waals surface area (Å²) in [5.74, 6) is 0.714. The number of nitrogens with one attached hydrogen (secondary N) is 1. The summed E-state index contributed by atoms with van der Waals surface area (Å²) in [5, 5.41) is 7.16. The fraction of sp³-hybridized carbons (Fsp3) is 0.160. The van der Waals surface area contributed by atoms with Crippen molar-refractivity contribution in [2.75, 3.05) is 20.0 Å². The Morgan fingerprint density at radius 1 is 0.794 bits per heavy atom. The van der Waals surface area contributed by atoms with Crippen LogP contribution in [0.2, 0.25) is 0 Å². The Labute approximate surface area is 196 Å². The minimum absolute atomic E-state index is 0.344. The van der Waals surface area contributed by atoms with Crippen LogP contribution >= 0.6 is 0 Å². The molecule has 2 aromatic carbocycles. The van der Waals surface area contributed by atoms with E-state index in [-0.39, 0.29) is 0 Å². The predicted molar refractivity (Wildman–Crippen MR) is 129 cm³/mol. The van der Waals surface area contributed by atoms with Crippen molar-refractivity contribution in [2.45, 2.75) is 13.8 Å². The lowest BCUT2D eigenvalue weighted by atomic mass is 10.1. The van der Waals surface area contributed by atoms with Gasteiger partial charge in [0.2, 0.25) is 0 Å². The van der Waals surface area contributed by atoms with E-state index in [1.807, 2.05) is 12.2 Å².